The minimum atomic E-state index is -3.38. The molecule has 0 saturated carbocycles. The van der Waals surface area contributed by atoms with Crippen LogP contribution >= 0.6 is 11.3 Å². The fraction of sp³-hybridized carbons (Fsp3) is 0.714. The van der Waals surface area contributed by atoms with Crippen molar-refractivity contribution in [3.05, 3.63) is 17.0 Å². The van der Waals surface area contributed by atoms with E-state index in [0.29, 0.717) is 30.3 Å². The van der Waals surface area contributed by atoms with Crippen LogP contribution in [0.15, 0.2) is 15.7 Å². The Morgan fingerprint density at radius 1 is 1.19 bits per heavy atom. The molecule has 0 aromatic carbocycles. The zero-order valence-electron chi connectivity index (χ0n) is 12.9. The van der Waals surface area contributed by atoms with Crippen molar-refractivity contribution in [2.75, 3.05) is 26.3 Å². The van der Waals surface area contributed by atoms with Gasteiger partial charge < -0.3 is 10.1 Å². The number of sulfonamides is 1. The van der Waals surface area contributed by atoms with E-state index in [1.807, 2.05) is 12.3 Å². The quantitative estimate of drug-likeness (QED) is 0.576. The van der Waals surface area contributed by atoms with Gasteiger partial charge >= 0.3 is 0 Å². The molecule has 1 aromatic heterocycles. The van der Waals surface area contributed by atoms with Gasteiger partial charge in [-0.05, 0) is 42.8 Å². The maximum absolute atomic E-state index is 12.1. The molecule has 0 aliphatic carbocycles. The van der Waals surface area contributed by atoms with Gasteiger partial charge in [-0.15, -0.1) is 11.3 Å². The first-order valence-electron chi connectivity index (χ1n) is 7.45. The molecule has 0 unspecified atom stereocenters. The van der Waals surface area contributed by atoms with Crippen LogP contribution in [0.4, 0.5) is 0 Å². The van der Waals surface area contributed by atoms with Crippen molar-refractivity contribution in [2.24, 2.45) is 0 Å². The van der Waals surface area contributed by atoms with E-state index in [0.717, 1.165) is 31.6 Å². The lowest BCUT2D eigenvalue weighted by Crippen LogP contribution is -2.25. The summed E-state index contributed by atoms with van der Waals surface area (Å²) in [4.78, 5) is 0. The van der Waals surface area contributed by atoms with E-state index in [9.17, 15) is 8.42 Å². The summed E-state index contributed by atoms with van der Waals surface area (Å²) in [7, 11) is -3.38. The summed E-state index contributed by atoms with van der Waals surface area (Å²) in [6.45, 7) is 7.53. The molecule has 0 atom stereocenters. The Bertz CT molecular complexity index is 486. The zero-order valence-corrected chi connectivity index (χ0v) is 14.5. The van der Waals surface area contributed by atoms with Gasteiger partial charge in [0.2, 0.25) is 10.0 Å². The second-order valence-electron chi connectivity index (χ2n) is 4.81. The normalized spacial score (nSPS) is 11.9. The average molecular weight is 335 g/mol. The number of nitrogens with one attached hydrogen (secondary N) is 2. The molecule has 1 aromatic rings. The van der Waals surface area contributed by atoms with E-state index in [-0.39, 0.29) is 0 Å². The Kier molecular flexibility index (Phi) is 9.10. The van der Waals surface area contributed by atoms with Gasteiger partial charge in [-0.3, -0.25) is 0 Å². The summed E-state index contributed by atoms with van der Waals surface area (Å²) >= 11 is 1.26. The minimum absolute atomic E-state index is 0.380. The SMILES string of the molecule is CCCNCc1csc(S(=O)(=O)NCCCOCCC)c1. The van der Waals surface area contributed by atoms with Gasteiger partial charge in [0.1, 0.15) is 4.21 Å². The Hall–Kier alpha value is -0.470. The maximum atomic E-state index is 12.1. The number of hydrogen-bond donors (Lipinski definition) is 2. The van der Waals surface area contributed by atoms with Gasteiger partial charge in [0.15, 0.2) is 0 Å². The molecule has 0 saturated heterocycles. The highest BCUT2D eigenvalue weighted by Gasteiger charge is 2.15. The lowest BCUT2D eigenvalue weighted by atomic mass is 10.3. The molecule has 1 rings (SSSR count). The Morgan fingerprint density at radius 2 is 2.00 bits per heavy atom. The average Bonchev–Trinajstić information content (AvgIpc) is 2.93. The standard InChI is InChI=1S/C14H26N2O3S2/c1-3-6-15-11-13-10-14(20-12-13)21(17,18)16-7-5-9-19-8-4-2/h10,12,15-16H,3-9,11H2,1-2H3. The third-order valence-electron chi connectivity index (χ3n) is 2.76. The van der Waals surface area contributed by atoms with Crippen molar-refractivity contribution in [1.82, 2.24) is 10.0 Å². The first-order chi connectivity index (χ1) is 10.1. The summed E-state index contributed by atoms with van der Waals surface area (Å²) in [6, 6.07) is 1.74. The molecule has 0 radical (unpaired) electrons. The summed E-state index contributed by atoms with van der Waals surface area (Å²) in [5.41, 5.74) is 1.01. The summed E-state index contributed by atoms with van der Waals surface area (Å²) < 4.78 is 32.5. The largest absolute Gasteiger partial charge is 0.381 e. The predicted molar refractivity (Wildman–Crippen MR) is 87.2 cm³/mol. The van der Waals surface area contributed by atoms with Crippen LogP contribution in [0, 0.1) is 0 Å². The van der Waals surface area contributed by atoms with Gasteiger partial charge in [0.05, 0.1) is 0 Å². The van der Waals surface area contributed by atoms with E-state index in [2.05, 4.69) is 17.0 Å². The number of ether oxygens (including phenoxy) is 1. The third-order valence-corrected chi connectivity index (χ3v) is 5.71. The zero-order chi connectivity index (χ0) is 15.6. The first-order valence-corrected chi connectivity index (χ1v) is 9.82. The van der Waals surface area contributed by atoms with Gasteiger partial charge in [0.25, 0.3) is 0 Å². The number of rotatable bonds is 12. The Morgan fingerprint density at radius 3 is 2.71 bits per heavy atom. The van der Waals surface area contributed by atoms with Crippen molar-refractivity contribution >= 4 is 21.4 Å². The Labute approximate surface area is 132 Å². The van der Waals surface area contributed by atoms with E-state index in [4.69, 9.17) is 4.74 Å². The second kappa shape index (κ2) is 10.3. The van der Waals surface area contributed by atoms with Crippen LogP contribution in [-0.4, -0.2) is 34.7 Å². The second-order valence-corrected chi connectivity index (χ2v) is 7.72. The maximum Gasteiger partial charge on any atom is 0.250 e. The molecule has 1 heterocycles. The smallest absolute Gasteiger partial charge is 0.250 e. The minimum Gasteiger partial charge on any atom is -0.381 e. The van der Waals surface area contributed by atoms with E-state index < -0.39 is 10.0 Å². The molecular weight excluding hydrogens is 308 g/mol. The molecular formula is C14H26N2O3S2. The molecule has 0 aliphatic rings. The highest BCUT2D eigenvalue weighted by molar-refractivity contribution is 7.91. The fourth-order valence-electron chi connectivity index (χ4n) is 1.69. The topological polar surface area (TPSA) is 67.4 Å². The fourth-order valence-corrected chi connectivity index (χ4v) is 4.02. The molecule has 0 bridgehead atoms. The van der Waals surface area contributed by atoms with Crippen molar-refractivity contribution in [3.8, 4) is 0 Å². The number of hydrogen-bond acceptors (Lipinski definition) is 5. The molecule has 5 nitrogen and oxygen atoms in total. The van der Waals surface area contributed by atoms with Gasteiger partial charge in [-0.25, -0.2) is 13.1 Å². The monoisotopic (exact) mass is 334 g/mol. The van der Waals surface area contributed by atoms with Crippen LogP contribution in [0.5, 0.6) is 0 Å². The van der Waals surface area contributed by atoms with Crippen LogP contribution in [0.2, 0.25) is 0 Å². The van der Waals surface area contributed by atoms with E-state index >= 15 is 0 Å². The van der Waals surface area contributed by atoms with Crippen LogP contribution in [0.3, 0.4) is 0 Å². The molecule has 2 N–H and O–H groups in total. The van der Waals surface area contributed by atoms with Gasteiger partial charge in [0, 0.05) is 26.3 Å². The lowest BCUT2D eigenvalue weighted by Gasteiger charge is -2.05. The van der Waals surface area contributed by atoms with Gasteiger partial charge in [-0.1, -0.05) is 13.8 Å². The van der Waals surface area contributed by atoms with Crippen LogP contribution in [0.1, 0.15) is 38.7 Å². The van der Waals surface area contributed by atoms with E-state index in [1.165, 1.54) is 11.3 Å². The van der Waals surface area contributed by atoms with Gasteiger partial charge in [-0.2, -0.15) is 0 Å². The molecule has 0 spiro atoms. The predicted octanol–water partition coefficient (Wildman–Crippen LogP) is 2.34. The molecule has 0 amide bonds. The van der Waals surface area contributed by atoms with Crippen molar-refractivity contribution < 1.29 is 13.2 Å². The van der Waals surface area contributed by atoms with E-state index in [1.54, 1.807) is 6.07 Å². The van der Waals surface area contributed by atoms with Crippen molar-refractivity contribution in [1.29, 1.82) is 0 Å². The van der Waals surface area contributed by atoms with Crippen molar-refractivity contribution in [3.63, 3.8) is 0 Å². The van der Waals surface area contributed by atoms with Crippen molar-refractivity contribution in [2.45, 2.75) is 43.9 Å². The highest BCUT2D eigenvalue weighted by Crippen LogP contribution is 2.19. The molecule has 21 heavy (non-hydrogen) atoms. The third kappa shape index (κ3) is 7.37. The number of thiophene rings is 1. The van der Waals surface area contributed by atoms with Crippen LogP contribution in [-0.2, 0) is 21.3 Å². The molecule has 0 aliphatic heterocycles. The summed E-state index contributed by atoms with van der Waals surface area (Å²) in [6.07, 6.45) is 2.74. The van der Waals surface area contributed by atoms with Crippen LogP contribution in [0.25, 0.3) is 0 Å². The first kappa shape index (κ1) is 18.6. The molecule has 0 fully saturated rings. The molecule has 7 heteroatoms. The Balaban J connectivity index is 2.36. The summed E-state index contributed by atoms with van der Waals surface area (Å²) in [5.74, 6) is 0. The summed E-state index contributed by atoms with van der Waals surface area (Å²) in [5, 5.41) is 5.15. The highest BCUT2D eigenvalue weighted by atomic mass is 32.2. The lowest BCUT2D eigenvalue weighted by molar-refractivity contribution is 0.133. The van der Waals surface area contributed by atoms with Crippen LogP contribution < -0.4 is 10.0 Å². The molecule has 122 valence electrons.